The van der Waals surface area contributed by atoms with Crippen LogP contribution in [-0.2, 0) is 18.3 Å². The Bertz CT molecular complexity index is 572. The number of carbonyl (C=O) groups excluding carboxylic acids is 1. The van der Waals surface area contributed by atoms with Gasteiger partial charge in [0.15, 0.2) is 0 Å². The highest BCUT2D eigenvalue weighted by Gasteiger charge is 2.13. The number of rotatable bonds is 2. The van der Waals surface area contributed by atoms with Gasteiger partial charge in [-0.3, -0.25) is 4.79 Å². The second-order valence-electron chi connectivity index (χ2n) is 3.93. The smallest absolute Gasteiger partial charge is 0.221 e. The van der Waals surface area contributed by atoms with Crippen molar-refractivity contribution < 1.29 is 9.18 Å². The predicted molar refractivity (Wildman–Crippen MR) is 60.5 cm³/mol. The molecule has 16 heavy (non-hydrogen) atoms. The van der Waals surface area contributed by atoms with Gasteiger partial charge in [0, 0.05) is 23.6 Å². The standard InChI is InChI=1S/C12H13FN2O/c1-7-9(6-12(14)16)10-5-8(13)3-4-11(10)15(7)2/h3-5H,6H2,1-2H3,(H2,14,16). The Balaban J connectivity index is 2.75. The van der Waals surface area contributed by atoms with Crippen LogP contribution in [0.25, 0.3) is 10.9 Å². The first-order valence-electron chi connectivity index (χ1n) is 5.02. The van der Waals surface area contributed by atoms with Crippen molar-refractivity contribution in [2.75, 3.05) is 0 Å². The van der Waals surface area contributed by atoms with Crippen LogP contribution >= 0.6 is 0 Å². The van der Waals surface area contributed by atoms with Crippen molar-refractivity contribution in [1.82, 2.24) is 4.57 Å². The first-order valence-corrected chi connectivity index (χ1v) is 5.02. The van der Waals surface area contributed by atoms with Gasteiger partial charge in [0.1, 0.15) is 5.82 Å². The molecule has 0 saturated carbocycles. The molecule has 0 aliphatic rings. The van der Waals surface area contributed by atoms with Crippen molar-refractivity contribution in [1.29, 1.82) is 0 Å². The SMILES string of the molecule is Cc1c(CC(N)=O)c2cc(F)ccc2n1C. The van der Waals surface area contributed by atoms with E-state index in [-0.39, 0.29) is 12.2 Å². The van der Waals surface area contributed by atoms with Gasteiger partial charge in [-0.1, -0.05) is 0 Å². The predicted octanol–water partition coefficient (Wildman–Crippen LogP) is 1.65. The van der Waals surface area contributed by atoms with E-state index in [2.05, 4.69) is 0 Å². The Morgan fingerprint density at radius 2 is 2.19 bits per heavy atom. The molecule has 1 heterocycles. The number of primary amides is 1. The number of hydrogen-bond donors (Lipinski definition) is 1. The fourth-order valence-corrected chi connectivity index (χ4v) is 2.02. The molecule has 4 heteroatoms. The maximum absolute atomic E-state index is 13.2. The Morgan fingerprint density at radius 1 is 1.50 bits per heavy atom. The lowest BCUT2D eigenvalue weighted by atomic mass is 10.1. The molecule has 0 bridgehead atoms. The number of benzene rings is 1. The summed E-state index contributed by atoms with van der Waals surface area (Å²) in [7, 11) is 1.89. The van der Waals surface area contributed by atoms with Crippen LogP contribution in [0.2, 0.25) is 0 Å². The van der Waals surface area contributed by atoms with Gasteiger partial charge < -0.3 is 10.3 Å². The minimum Gasteiger partial charge on any atom is -0.369 e. The number of carbonyl (C=O) groups is 1. The van der Waals surface area contributed by atoms with E-state index < -0.39 is 5.91 Å². The van der Waals surface area contributed by atoms with Crippen LogP contribution in [0.4, 0.5) is 4.39 Å². The monoisotopic (exact) mass is 220 g/mol. The van der Waals surface area contributed by atoms with Crippen LogP contribution in [-0.4, -0.2) is 10.5 Å². The zero-order valence-electron chi connectivity index (χ0n) is 9.25. The summed E-state index contributed by atoms with van der Waals surface area (Å²) < 4.78 is 15.1. The molecule has 84 valence electrons. The van der Waals surface area contributed by atoms with Crippen molar-refractivity contribution in [3.8, 4) is 0 Å². The minimum absolute atomic E-state index is 0.145. The van der Waals surface area contributed by atoms with Crippen LogP contribution in [0.3, 0.4) is 0 Å². The number of hydrogen-bond acceptors (Lipinski definition) is 1. The summed E-state index contributed by atoms with van der Waals surface area (Å²) in [5.74, 6) is -0.705. The average Bonchev–Trinajstić information content (AvgIpc) is 2.43. The molecule has 1 amide bonds. The molecule has 1 aromatic heterocycles. The fourth-order valence-electron chi connectivity index (χ4n) is 2.02. The molecule has 2 aromatic rings. The molecule has 0 spiro atoms. The van der Waals surface area contributed by atoms with Gasteiger partial charge in [0.2, 0.25) is 5.91 Å². The lowest BCUT2D eigenvalue weighted by Crippen LogP contribution is -2.14. The summed E-state index contributed by atoms with van der Waals surface area (Å²) in [6, 6.07) is 4.57. The van der Waals surface area contributed by atoms with Crippen LogP contribution in [0.5, 0.6) is 0 Å². The Kier molecular flexibility index (Phi) is 2.42. The molecular weight excluding hydrogens is 207 g/mol. The highest BCUT2D eigenvalue weighted by atomic mass is 19.1. The van der Waals surface area contributed by atoms with E-state index >= 15 is 0 Å². The van der Waals surface area contributed by atoms with E-state index in [0.29, 0.717) is 0 Å². The van der Waals surface area contributed by atoms with E-state index in [1.807, 2.05) is 18.5 Å². The van der Waals surface area contributed by atoms with Gasteiger partial charge in [-0.25, -0.2) is 4.39 Å². The third kappa shape index (κ3) is 1.56. The Morgan fingerprint density at radius 3 is 2.81 bits per heavy atom. The van der Waals surface area contributed by atoms with Crippen molar-refractivity contribution in [3.63, 3.8) is 0 Å². The normalized spacial score (nSPS) is 10.9. The first kappa shape index (κ1) is 10.7. The van der Waals surface area contributed by atoms with Gasteiger partial charge >= 0.3 is 0 Å². The van der Waals surface area contributed by atoms with Gasteiger partial charge in [-0.2, -0.15) is 0 Å². The maximum Gasteiger partial charge on any atom is 0.221 e. The summed E-state index contributed by atoms with van der Waals surface area (Å²) in [5, 5.41) is 0.763. The third-order valence-electron chi connectivity index (χ3n) is 2.94. The third-order valence-corrected chi connectivity index (χ3v) is 2.94. The fraction of sp³-hybridized carbons (Fsp3) is 0.250. The molecule has 1 aromatic carbocycles. The van der Waals surface area contributed by atoms with E-state index in [0.717, 1.165) is 22.2 Å². The van der Waals surface area contributed by atoms with Crippen molar-refractivity contribution in [2.24, 2.45) is 12.8 Å². The van der Waals surface area contributed by atoms with Crippen LogP contribution in [0, 0.1) is 12.7 Å². The van der Waals surface area contributed by atoms with Gasteiger partial charge in [-0.05, 0) is 30.7 Å². The number of amides is 1. The lowest BCUT2D eigenvalue weighted by molar-refractivity contribution is -0.117. The molecule has 0 radical (unpaired) electrons. The van der Waals surface area contributed by atoms with Gasteiger partial charge in [-0.15, -0.1) is 0 Å². The topological polar surface area (TPSA) is 48.0 Å². The number of fused-ring (bicyclic) bond motifs is 1. The quantitative estimate of drug-likeness (QED) is 0.822. The van der Waals surface area contributed by atoms with Gasteiger partial charge in [0.05, 0.1) is 6.42 Å². The summed E-state index contributed by atoms with van der Waals surface area (Å²) in [4.78, 5) is 11.0. The molecule has 2 rings (SSSR count). The summed E-state index contributed by atoms with van der Waals surface area (Å²) >= 11 is 0. The second kappa shape index (κ2) is 3.63. The molecule has 0 fully saturated rings. The molecule has 0 unspecified atom stereocenters. The van der Waals surface area contributed by atoms with E-state index in [1.54, 1.807) is 6.07 Å². The maximum atomic E-state index is 13.2. The van der Waals surface area contributed by atoms with Crippen molar-refractivity contribution >= 4 is 16.8 Å². The number of aryl methyl sites for hydroxylation is 1. The lowest BCUT2D eigenvalue weighted by Gasteiger charge is -1.99. The number of aromatic nitrogens is 1. The van der Waals surface area contributed by atoms with Crippen LogP contribution < -0.4 is 5.73 Å². The van der Waals surface area contributed by atoms with Gasteiger partial charge in [0.25, 0.3) is 0 Å². The molecule has 0 saturated heterocycles. The van der Waals surface area contributed by atoms with E-state index in [9.17, 15) is 9.18 Å². The first-order chi connectivity index (χ1) is 7.50. The molecular formula is C12H13FN2O. The second-order valence-corrected chi connectivity index (χ2v) is 3.93. The van der Waals surface area contributed by atoms with Crippen molar-refractivity contribution in [3.05, 3.63) is 35.3 Å². The molecule has 0 aliphatic carbocycles. The molecule has 3 nitrogen and oxygen atoms in total. The summed E-state index contributed by atoms with van der Waals surface area (Å²) in [6.07, 6.45) is 0.145. The Labute approximate surface area is 92.7 Å². The molecule has 0 atom stereocenters. The number of nitrogens with zero attached hydrogens (tertiary/aromatic N) is 1. The zero-order chi connectivity index (χ0) is 11.9. The van der Waals surface area contributed by atoms with E-state index in [4.69, 9.17) is 5.73 Å². The number of nitrogens with two attached hydrogens (primary N) is 1. The molecule has 0 aliphatic heterocycles. The van der Waals surface area contributed by atoms with E-state index in [1.165, 1.54) is 12.1 Å². The molecule has 2 N–H and O–H groups in total. The minimum atomic E-state index is -0.403. The zero-order valence-corrected chi connectivity index (χ0v) is 9.25. The highest BCUT2D eigenvalue weighted by molar-refractivity contribution is 5.90. The van der Waals surface area contributed by atoms with Crippen LogP contribution in [0.15, 0.2) is 18.2 Å². The van der Waals surface area contributed by atoms with Crippen molar-refractivity contribution in [2.45, 2.75) is 13.3 Å². The largest absolute Gasteiger partial charge is 0.369 e. The Hall–Kier alpha value is -1.84. The summed E-state index contributed by atoms with van der Waals surface area (Å²) in [5.41, 5.74) is 7.86. The average molecular weight is 220 g/mol. The highest BCUT2D eigenvalue weighted by Crippen LogP contribution is 2.25. The van der Waals surface area contributed by atoms with Crippen LogP contribution in [0.1, 0.15) is 11.3 Å². The summed E-state index contributed by atoms with van der Waals surface area (Å²) in [6.45, 7) is 1.90. The number of halogens is 1.